The number of ether oxygens (including phenoxy) is 1. The van der Waals surface area contributed by atoms with Crippen molar-refractivity contribution in [3.05, 3.63) is 27.7 Å². The van der Waals surface area contributed by atoms with Crippen LogP contribution in [0.25, 0.3) is 0 Å². The molecule has 3 nitrogen and oxygen atoms in total. The minimum Gasteiger partial charge on any atom is -0.492 e. The quantitative estimate of drug-likeness (QED) is 0.676. The Kier molecular flexibility index (Phi) is 5.27. The van der Waals surface area contributed by atoms with E-state index in [-0.39, 0.29) is 11.2 Å². The maximum atomic E-state index is 11.4. The van der Waals surface area contributed by atoms with Crippen LogP contribution in [0.2, 0.25) is 5.02 Å². The van der Waals surface area contributed by atoms with Gasteiger partial charge in [0.1, 0.15) is 5.75 Å². The lowest BCUT2D eigenvalue weighted by Gasteiger charge is -2.27. The molecule has 0 amide bonds. The molecule has 1 saturated carbocycles. The predicted molar refractivity (Wildman–Crippen MR) is 85.2 cm³/mol. The molecular formula is C13H15BrCl2O3S. The first kappa shape index (κ1) is 16.4. The third-order valence-electron chi connectivity index (χ3n) is 3.57. The standard InChI is InChI=1S/C13H15BrCl2O3S/c14-11-7-10(15)3-4-12(11)19-8-13(5-1-2-6-13)9-20(16,17)18/h3-4,7H,1-2,5-6,8-9H2. The van der Waals surface area contributed by atoms with E-state index >= 15 is 0 Å². The summed E-state index contributed by atoms with van der Waals surface area (Å²) in [6, 6.07) is 5.25. The van der Waals surface area contributed by atoms with Gasteiger partial charge in [-0.1, -0.05) is 24.4 Å². The maximum Gasteiger partial charge on any atom is 0.233 e. The molecule has 1 aliphatic carbocycles. The first-order valence-corrected chi connectivity index (χ1v) is 9.95. The second kappa shape index (κ2) is 6.42. The second-order valence-electron chi connectivity index (χ2n) is 5.25. The van der Waals surface area contributed by atoms with Gasteiger partial charge in [0.25, 0.3) is 0 Å². The van der Waals surface area contributed by atoms with Crippen molar-refractivity contribution in [3.63, 3.8) is 0 Å². The number of rotatable bonds is 5. The fourth-order valence-electron chi connectivity index (χ4n) is 2.64. The van der Waals surface area contributed by atoms with Crippen molar-refractivity contribution in [2.45, 2.75) is 25.7 Å². The average Bonchev–Trinajstić information content (AvgIpc) is 2.74. The van der Waals surface area contributed by atoms with Crippen molar-refractivity contribution >= 4 is 47.3 Å². The van der Waals surface area contributed by atoms with Gasteiger partial charge in [0.05, 0.1) is 16.8 Å². The summed E-state index contributed by atoms with van der Waals surface area (Å²) < 4.78 is 29.3. The highest BCUT2D eigenvalue weighted by molar-refractivity contribution is 9.10. The van der Waals surface area contributed by atoms with Crippen LogP contribution in [0.4, 0.5) is 0 Å². The number of hydrogen-bond donors (Lipinski definition) is 0. The van der Waals surface area contributed by atoms with Crippen molar-refractivity contribution in [1.29, 1.82) is 0 Å². The molecule has 0 aromatic heterocycles. The summed E-state index contributed by atoms with van der Waals surface area (Å²) in [6.07, 6.45) is 3.67. The molecule has 0 aliphatic heterocycles. The molecule has 0 heterocycles. The number of halogens is 3. The first-order valence-electron chi connectivity index (χ1n) is 6.30. The summed E-state index contributed by atoms with van der Waals surface area (Å²) >= 11 is 9.26. The Balaban J connectivity index is 2.09. The summed E-state index contributed by atoms with van der Waals surface area (Å²) in [7, 11) is 1.90. The van der Waals surface area contributed by atoms with Crippen molar-refractivity contribution in [3.8, 4) is 5.75 Å². The van der Waals surface area contributed by atoms with Gasteiger partial charge < -0.3 is 4.74 Å². The van der Waals surface area contributed by atoms with Gasteiger partial charge in [-0.2, -0.15) is 0 Å². The lowest BCUT2D eigenvalue weighted by molar-refractivity contribution is 0.170. The largest absolute Gasteiger partial charge is 0.492 e. The molecule has 7 heteroatoms. The third-order valence-corrected chi connectivity index (χ3v) is 5.71. The van der Waals surface area contributed by atoms with E-state index in [1.807, 2.05) is 0 Å². The van der Waals surface area contributed by atoms with E-state index in [9.17, 15) is 8.42 Å². The second-order valence-corrected chi connectivity index (χ2v) is 9.32. The van der Waals surface area contributed by atoms with Crippen LogP contribution in [-0.2, 0) is 9.05 Å². The molecule has 1 fully saturated rings. The van der Waals surface area contributed by atoms with E-state index in [4.69, 9.17) is 27.0 Å². The molecule has 1 aliphatic rings. The summed E-state index contributed by atoms with van der Waals surface area (Å²) in [6.45, 7) is 0.346. The highest BCUT2D eigenvalue weighted by atomic mass is 79.9. The summed E-state index contributed by atoms with van der Waals surface area (Å²) in [5.74, 6) is 0.625. The monoisotopic (exact) mass is 400 g/mol. The van der Waals surface area contributed by atoms with Crippen LogP contribution in [0.1, 0.15) is 25.7 Å². The Bertz CT molecular complexity index is 583. The average molecular weight is 402 g/mol. The fourth-order valence-corrected chi connectivity index (χ4v) is 5.24. The Labute approximate surface area is 137 Å². The Morgan fingerprint density at radius 3 is 2.50 bits per heavy atom. The van der Waals surface area contributed by atoms with Crippen LogP contribution in [0.15, 0.2) is 22.7 Å². The van der Waals surface area contributed by atoms with Gasteiger partial charge in [0, 0.05) is 21.1 Å². The zero-order chi connectivity index (χ0) is 14.8. The molecule has 2 rings (SSSR count). The molecular weight excluding hydrogens is 387 g/mol. The van der Waals surface area contributed by atoms with Crippen molar-refractivity contribution < 1.29 is 13.2 Å². The predicted octanol–water partition coefficient (Wildman–Crippen LogP) is 4.61. The van der Waals surface area contributed by atoms with Crippen LogP contribution in [0.5, 0.6) is 5.75 Å². The third kappa shape index (κ3) is 4.52. The van der Waals surface area contributed by atoms with Gasteiger partial charge in [0.2, 0.25) is 9.05 Å². The maximum absolute atomic E-state index is 11.4. The molecule has 0 spiro atoms. The van der Waals surface area contributed by atoms with Gasteiger partial charge in [0.15, 0.2) is 0 Å². The van der Waals surface area contributed by atoms with E-state index < -0.39 is 9.05 Å². The minimum atomic E-state index is -3.53. The highest BCUT2D eigenvalue weighted by Gasteiger charge is 2.38. The van der Waals surface area contributed by atoms with Crippen molar-refractivity contribution in [2.24, 2.45) is 5.41 Å². The highest BCUT2D eigenvalue weighted by Crippen LogP contribution is 2.41. The van der Waals surface area contributed by atoms with Crippen LogP contribution in [-0.4, -0.2) is 20.8 Å². The smallest absolute Gasteiger partial charge is 0.233 e. The normalized spacial score (nSPS) is 18.1. The van der Waals surface area contributed by atoms with Gasteiger partial charge in [-0.25, -0.2) is 8.42 Å². The van der Waals surface area contributed by atoms with E-state index in [2.05, 4.69) is 15.9 Å². The Morgan fingerprint density at radius 2 is 1.95 bits per heavy atom. The SMILES string of the molecule is O=S(=O)(Cl)CC1(COc2ccc(Cl)cc2Br)CCCC1. The lowest BCUT2D eigenvalue weighted by atomic mass is 9.90. The van der Waals surface area contributed by atoms with Crippen LogP contribution in [0.3, 0.4) is 0 Å². The van der Waals surface area contributed by atoms with Crippen LogP contribution < -0.4 is 4.74 Å². The first-order chi connectivity index (χ1) is 9.30. The van der Waals surface area contributed by atoms with E-state index in [1.54, 1.807) is 18.2 Å². The molecule has 20 heavy (non-hydrogen) atoms. The summed E-state index contributed by atoms with van der Waals surface area (Å²) in [5.41, 5.74) is -0.375. The summed E-state index contributed by atoms with van der Waals surface area (Å²) in [4.78, 5) is 0. The zero-order valence-corrected chi connectivity index (χ0v) is 14.7. The molecule has 0 unspecified atom stereocenters. The van der Waals surface area contributed by atoms with Crippen molar-refractivity contribution in [1.82, 2.24) is 0 Å². The molecule has 1 aromatic carbocycles. The van der Waals surface area contributed by atoms with Gasteiger partial charge in [-0.05, 0) is 47.0 Å². The van der Waals surface area contributed by atoms with Gasteiger partial charge in [-0.15, -0.1) is 0 Å². The number of hydrogen-bond acceptors (Lipinski definition) is 3. The van der Waals surface area contributed by atoms with E-state index in [1.165, 1.54) is 0 Å². The zero-order valence-electron chi connectivity index (χ0n) is 10.7. The van der Waals surface area contributed by atoms with Crippen LogP contribution >= 0.6 is 38.2 Å². The Morgan fingerprint density at radius 1 is 1.30 bits per heavy atom. The molecule has 0 N–H and O–H groups in total. The lowest BCUT2D eigenvalue weighted by Crippen LogP contribution is -2.32. The fraction of sp³-hybridized carbons (Fsp3) is 0.538. The number of benzene rings is 1. The van der Waals surface area contributed by atoms with Gasteiger partial charge in [-0.3, -0.25) is 0 Å². The minimum absolute atomic E-state index is 0.0350. The van der Waals surface area contributed by atoms with E-state index in [0.29, 0.717) is 17.4 Å². The molecule has 0 radical (unpaired) electrons. The van der Waals surface area contributed by atoms with Crippen molar-refractivity contribution in [2.75, 3.05) is 12.4 Å². The Hall–Kier alpha value is 0.0300. The molecule has 112 valence electrons. The topological polar surface area (TPSA) is 43.4 Å². The molecule has 1 aromatic rings. The van der Waals surface area contributed by atoms with Crippen LogP contribution in [0, 0.1) is 5.41 Å². The molecule has 0 saturated heterocycles. The summed E-state index contributed by atoms with van der Waals surface area (Å²) in [5, 5.41) is 0.614. The molecule has 0 atom stereocenters. The van der Waals surface area contributed by atoms with Gasteiger partial charge >= 0.3 is 0 Å². The van der Waals surface area contributed by atoms with E-state index in [0.717, 1.165) is 30.2 Å². The molecule has 0 bridgehead atoms.